The minimum Gasteiger partial charge on any atom is -0.381 e. The second-order valence-corrected chi connectivity index (χ2v) is 5.00. The van der Waals surface area contributed by atoms with Crippen LogP contribution in [0.5, 0.6) is 0 Å². The summed E-state index contributed by atoms with van der Waals surface area (Å²) in [5, 5.41) is 12.3. The Labute approximate surface area is 111 Å². The predicted octanol–water partition coefficient (Wildman–Crippen LogP) is 0.616. The molecule has 0 saturated heterocycles. The number of benzene rings is 1. The van der Waals surface area contributed by atoms with Crippen molar-refractivity contribution in [2.45, 2.75) is 6.10 Å². The molecule has 2 aromatic rings. The summed E-state index contributed by atoms with van der Waals surface area (Å²) in [4.78, 5) is 22.7. The van der Waals surface area contributed by atoms with E-state index in [-0.39, 0.29) is 12.4 Å². The molecule has 0 aliphatic heterocycles. The second-order valence-electron chi connectivity index (χ2n) is 3.92. The zero-order valence-corrected chi connectivity index (χ0v) is 10.5. The molecule has 0 radical (unpaired) electrons. The van der Waals surface area contributed by atoms with Crippen LogP contribution in [0.3, 0.4) is 0 Å². The van der Waals surface area contributed by atoms with Crippen molar-refractivity contribution in [1.29, 1.82) is 0 Å². The molecule has 0 aliphatic rings. The van der Waals surface area contributed by atoms with Crippen molar-refractivity contribution in [2.75, 3.05) is 6.54 Å². The molecule has 0 fully saturated rings. The summed E-state index contributed by atoms with van der Waals surface area (Å²) in [5.41, 5.74) is 4.86. The van der Waals surface area contributed by atoms with E-state index in [0.717, 1.165) is 16.7 Å². The predicted molar refractivity (Wildman–Crippen MR) is 69.3 cm³/mol. The second kappa shape index (κ2) is 5.33. The number of aliphatic hydroxyl groups excluding tert-OH is 1. The van der Waals surface area contributed by atoms with Crippen LogP contribution in [0, 0.1) is 5.82 Å². The zero-order valence-electron chi connectivity index (χ0n) is 9.72. The number of hydrogen-bond acceptors (Lipinski definition) is 4. The Hall–Kier alpha value is -1.99. The number of rotatable bonds is 4. The number of carbonyl (C=O) groups excluding carboxylic acids is 2. The molecule has 1 heterocycles. The molecule has 0 saturated carbocycles. The van der Waals surface area contributed by atoms with Gasteiger partial charge in [0.25, 0.3) is 5.91 Å². The first-order valence-corrected chi connectivity index (χ1v) is 6.23. The third kappa shape index (κ3) is 3.07. The molecular weight excluding hydrogens is 271 g/mol. The minimum absolute atomic E-state index is 0.253. The highest BCUT2D eigenvalue weighted by Crippen LogP contribution is 2.26. The standard InChI is InChI=1S/C12H11FN2O3S/c13-7-2-1-6-3-10(19-9(6)4-7)12(18)15-5-8(16)11(14)17/h1-4,8,16H,5H2,(H2,14,17)(H,15,18). The van der Waals surface area contributed by atoms with Crippen molar-refractivity contribution < 1.29 is 19.1 Å². The van der Waals surface area contributed by atoms with E-state index in [0.29, 0.717) is 9.58 Å². The lowest BCUT2D eigenvalue weighted by Crippen LogP contribution is -2.39. The van der Waals surface area contributed by atoms with Crippen molar-refractivity contribution in [3.8, 4) is 0 Å². The third-order valence-electron chi connectivity index (χ3n) is 2.49. The molecule has 4 N–H and O–H groups in total. The molecule has 0 spiro atoms. The monoisotopic (exact) mass is 282 g/mol. The molecule has 1 atom stereocenters. The number of amides is 2. The summed E-state index contributed by atoms with van der Waals surface area (Å²) in [5.74, 6) is -1.72. The van der Waals surface area contributed by atoms with Gasteiger partial charge < -0.3 is 16.2 Å². The number of thiophene rings is 1. The molecular formula is C12H11FN2O3S. The molecule has 2 rings (SSSR count). The van der Waals surface area contributed by atoms with E-state index in [2.05, 4.69) is 5.32 Å². The van der Waals surface area contributed by atoms with E-state index in [1.807, 2.05) is 0 Å². The number of nitrogens with one attached hydrogen (secondary N) is 1. The summed E-state index contributed by atoms with van der Waals surface area (Å²) in [7, 11) is 0. The lowest BCUT2D eigenvalue weighted by atomic mass is 10.2. The van der Waals surface area contributed by atoms with Crippen LogP contribution < -0.4 is 11.1 Å². The van der Waals surface area contributed by atoms with Gasteiger partial charge >= 0.3 is 0 Å². The fourth-order valence-electron chi connectivity index (χ4n) is 1.49. The molecule has 100 valence electrons. The van der Waals surface area contributed by atoms with Crippen molar-refractivity contribution in [3.63, 3.8) is 0 Å². The summed E-state index contributed by atoms with van der Waals surface area (Å²) in [6.45, 7) is -0.253. The van der Waals surface area contributed by atoms with Crippen LogP contribution in [-0.4, -0.2) is 29.6 Å². The molecule has 1 aromatic carbocycles. The Morgan fingerprint density at radius 1 is 1.42 bits per heavy atom. The van der Waals surface area contributed by atoms with Crippen LogP contribution >= 0.6 is 11.3 Å². The lowest BCUT2D eigenvalue weighted by Gasteiger charge is -2.06. The number of halogens is 1. The molecule has 0 aliphatic carbocycles. The van der Waals surface area contributed by atoms with E-state index in [1.165, 1.54) is 12.1 Å². The largest absolute Gasteiger partial charge is 0.381 e. The Balaban J connectivity index is 2.11. The van der Waals surface area contributed by atoms with E-state index < -0.39 is 17.9 Å². The number of nitrogens with two attached hydrogens (primary N) is 1. The molecule has 19 heavy (non-hydrogen) atoms. The Kier molecular flexibility index (Phi) is 3.77. The first-order valence-electron chi connectivity index (χ1n) is 5.42. The van der Waals surface area contributed by atoms with Crippen LogP contribution in [0.2, 0.25) is 0 Å². The Bertz CT molecular complexity index is 641. The maximum atomic E-state index is 13.0. The van der Waals surface area contributed by atoms with Crippen molar-refractivity contribution in [2.24, 2.45) is 5.73 Å². The van der Waals surface area contributed by atoms with Crippen LogP contribution in [0.15, 0.2) is 24.3 Å². The van der Waals surface area contributed by atoms with E-state index >= 15 is 0 Å². The van der Waals surface area contributed by atoms with Gasteiger partial charge in [-0.2, -0.15) is 0 Å². The number of fused-ring (bicyclic) bond motifs is 1. The lowest BCUT2D eigenvalue weighted by molar-refractivity contribution is -0.125. The van der Waals surface area contributed by atoms with Gasteiger partial charge in [0.05, 0.1) is 11.4 Å². The third-order valence-corrected chi connectivity index (χ3v) is 3.59. The highest BCUT2D eigenvalue weighted by Gasteiger charge is 2.15. The van der Waals surface area contributed by atoms with Crippen molar-refractivity contribution >= 4 is 33.2 Å². The normalized spacial score (nSPS) is 12.3. The van der Waals surface area contributed by atoms with Gasteiger partial charge in [0.2, 0.25) is 5.91 Å². The minimum atomic E-state index is -1.42. The molecule has 1 aromatic heterocycles. The van der Waals surface area contributed by atoms with E-state index in [9.17, 15) is 14.0 Å². The van der Waals surface area contributed by atoms with Gasteiger partial charge in [-0.15, -0.1) is 11.3 Å². The van der Waals surface area contributed by atoms with Gasteiger partial charge in [-0.25, -0.2) is 4.39 Å². The SMILES string of the molecule is NC(=O)C(O)CNC(=O)c1cc2ccc(F)cc2s1. The number of hydrogen-bond donors (Lipinski definition) is 3. The van der Waals surface area contributed by atoms with Gasteiger partial charge in [0.15, 0.2) is 0 Å². The van der Waals surface area contributed by atoms with E-state index in [1.54, 1.807) is 12.1 Å². The van der Waals surface area contributed by atoms with Crippen LogP contribution in [0.25, 0.3) is 10.1 Å². The zero-order chi connectivity index (χ0) is 14.0. The highest BCUT2D eigenvalue weighted by atomic mass is 32.1. The fraction of sp³-hybridized carbons (Fsp3) is 0.167. The van der Waals surface area contributed by atoms with Crippen LogP contribution in [-0.2, 0) is 4.79 Å². The van der Waals surface area contributed by atoms with Gasteiger partial charge in [-0.3, -0.25) is 9.59 Å². The number of primary amides is 1. The van der Waals surface area contributed by atoms with Crippen LogP contribution in [0.1, 0.15) is 9.67 Å². The molecule has 2 amide bonds. The van der Waals surface area contributed by atoms with Gasteiger partial charge in [-0.1, -0.05) is 6.07 Å². The van der Waals surface area contributed by atoms with Crippen molar-refractivity contribution in [1.82, 2.24) is 5.32 Å². The highest BCUT2D eigenvalue weighted by molar-refractivity contribution is 7.20. The summed E-state index contributed by atoms with van der Waals surface area (Å²) < 4.78 is 13.7. The first-order chi connectivity index (χ1) is 8.97. The summed E-state index contributed by atoms with van der Waals surface area (Å²) >= 11 is 1.13. The summed E-state index contributed by atoms with van der Waals surface area (Å²) in [6.07, 6.45) is -1.42. The maximum absolute atomic E-state index is 13.0. The quantitative estimate of drug-likeness (QED) is 0.767. The molecule has 0 bridgehead atoms. The van der Waals surface area contributed by atoms with Crippen LogP contribution in [0.4, 0.5) is 4.39 Å². The van der Waals surface area contributed by atoms with Crippen molar-refractivity contribution in [3.05, 3.63) is 35.0 Å². The topological polar surface area (TPSA) is 92.4 Å². The Morgan fingerprint density at radius 3 is 2.84 bits per heavy atom. The number of aliphatic hydroxyl groups is 1. The number of carbonyl (C=O) groups is 2. The van der Waals surface area contributed by atoms with E-state index in [4.69, 9.17) is 10.8 Å². The van der Waals surface area contributed by atoms with Gasteiger partial charge in [0.1, 0.15) is 11.9 Å². The van der Waals surface area contributed by atoms with Gasteiger partial charge in [0, 0.05) is 4.70 Å². The summed E-state index contributed by atoms with van der Waals surface area (Å²) in [6, 6.07) is 5.85. The average Bonchev–Trinajstić information content (AvgIpc) is 2.78. The molecule has 1 unspecified atom stereocenters. The first kappa shape index (κ1) is 13.4. The smallest absolute Gasteiger partial charge is 0.261 e. The Morgan fingerprint density at radius 2 is 2.16 bits per heavy atom. The average molecular weight is 282 g/mol. The fourth-order valence-corrected chi connectivity index (χ4v) is 2.50. The van der Waals surface area contributed by atoms with Gasteiger partial charge in [-0.05, 0) is 23.6 Å². The molecule has 7 heteroatoms. The molecule has 5 nitrogen and oxygen atoms in total. The maximum Gasteiger partial charge on any atom is 0.261 e.